The number of methoxy groups -OCH3 is 1. The van der Waals surface area contributed by atoms with Crippen molar-refractivity contribution in [2.24, 2.45) is 0 Å². The van der Waals surface area contributed by atoms with Gasteiger partial charge in [-0.1, -0.05) is 30.3 Å². The maximum Gasteiger partial charge on any atom is 0.253 e. The molecule has 0 saturated heterocycles. The van der Waals surface area contributed by atoms with Crippen LogP contribution in [0.1, 0.15) is 11.1 Å². The quantitative estimate of drug-likeness (QED) is 0.675. The summed E-state index contributed by atoms with van der Waals surface area (Å²) in [6.45, 7) is 0.164. The van der Waals surface area contributed by atoms with Crippen molar-refractivity contribution in [3.05, 3.63) is 77.2 Å². The van der Waals surface area contributed by atoms with E-state index in [1.54, 1.807) is 48.9 Å². The van der Waals surface area contributed by atoms with Crippen LogP contribution in [0.25, 0.3) is 0 Å². The van der Waals surface area contributed by atoms with Gasteiger partial charge < -0.3 is 10.1 Å². The maximum atomic E-state index is 13.2. The molecule has 0 unspecified atom stereocenters. The fraction of sp³-hybridized carbons (Fsp3) is 0.190. The number of sulfonamides is 1. The van der Waals surface area contributed by atoms with E-state index in [9.17, 15) is 13.2 Å². The maximum absolute atomic E-state index is 13.2. The summed E-state index contributed by atoms with van der Waals surface area (Å²) >= 11 is 1.15. The van der Waals surface area contributed by atoms with E-state index in [2.05, 4.69) is 5.32 Å². The first-order valence-corrected chi connectivity index (χ1v) is 11.4. The SMILES string of the molecule is COc1ccc(NC(=O)[C@@H]2Cc3ccccc3CN2S(=O)(=O)c2cccs2)cc1. The Hall–Kier alpha value is -2.68. The number of thiophene rings is 1. The molecule has 1 aromatic heterocycles. The molecule has 0 saturated carbocycles. The Kier molecular flexibility index (Phi) is 5.40. The average Bonchev–Trinajstić information content (AvgIpc) is 3.29. The van der Waals surface area contributed by atoms with Crippen LogP contribution in [0.3, 0.4) is 0 Å². The van der Waals surface area contributed by atoms with Crippen molar-refractivity contribution >= 4 is 33.0 Å². The van der Waals surface area contributed by atoms with Gasteiger partial charge in [0.1, 0.15) is 16.0 Å². The second-order valence-electron chi connectivity index (χ2n) is 6.69. The summed E-state index contributed by atoms with van der Waals surface area (Å²) in [5.41, 5.74) is 2.49. The number of benzene rings is 2. The molecule has 1 N–H and O–H groups in total. The first-order chi connectivity index (χ1) is 14.0. The number of rotatable bonds is 5. The Labute approximate surface area is 173 Å². The summed E-state index contributed by atoms with van der Waals surface area (Å²) in [6.07, 6.45) is 0.322. The van der Waals surface area contributed by atoms with Crippen molar-refractivity contribution in [3.63, 3.8) is 0 Å². The van der Waals surface area contributed by atoms with Crippen LogP contribution in [-0.2, 0) is 27.8 Å². The van der Waals surface area contributed by atoms with Crippen LogP contribution in [0, 0.1) is 0 Å². The number of hydrogen-bond acceptors (Lipinski definition) is 5. The predicted octanol–water partition coefficient (Wildman–Crippen LogP) is 3.51. The Morgan fingerprint density at radius 3 is 2.45 bits per heavy atom. The molecule has 2 aromatic carbocycles. The molecule has 6 nitrogen and oxygen atoms in total. The zero-order valence-electron chi connectivity index (χ0n) is 15.7. The number of carbonyl (C=O) groups excluding carboxylic acids is 1. The standard InChI is InChI=1S/C21H20N2O4S2/c1-27-18-10-8-17(9-11-18)22-21(24)19-13-15-5-2-3-6-16(15)14-23(19)29(25,26)20-7-4-12-28-20/h2-12,19H,13-14H2,1H3,(H,22,24)/t19-/m0/s1. The number of nitrogens with one attached hydrogen (secondary N) is 1. The molecule has 0 spiro atoms. The summed E-state index contributed by atoms with van der Waals surface area (Å²) in [5, 5.41) is 4.56. The van der Waals surface area contributed by atoms with Crippen LogP contribution in [0.2, 0.25) is 0 Å². The van der Waals surface area contributed by atoms with Gasteiger partial charge in [-0.05, 0) is 53.3 Å². The number of nitrogens with zero attached hydrogens (tertiary/aromatic N) is 1. The van der Waals surface area contributed by atoms with Crippen molar-refractivity contribution in [1.29, 1.82) is 0 Å². The zero-order chi connectivity index (χ0) is 20.4. The Balaban J connectivity index is 1.66. The third-order valence-electron chi connectivity index (χ3n) is 4.92. The van der Waals surface area contributed by atoms with Gasteiger partial charge in [-0.3, -0.25) is 4.79 Å². The highest BCUT2D eigenvalue weighted by Gasteiger charge is 2.40. The molecule has 1 atom stereocenters. The van der Waals surface area contributed by atoms with Gasteiger partial charge in [0.2, 0.25) is 5.91 Å². The van der Waals surface area contributed by atoms with Crippen LogP contribution < -0.4 is 10.1 Å². The van der Waals surface area contributed by atoms with Gasteiger partial charge in [0, 0.05) is 12.2 Å². The van der Waals surface area contributed by atoms with E-state index < -0.39 is 16.1 Å². The highest BCUT2D eigenvalue weighted by Crippen LogP contribution is 2.31. The predicted molar refractivity (Wildman–Crippen MR) is 113 cm³/mol. The van der Waals surface area contributed by atoms with E-state index in [4.69, 9.17) is 4.74 Å². The van der Waals surface area contributed by atoms with Gasteiger partial charge in [-0.2, -0.15) is 4.31 Å². The fourth-order valence-electron chi connectivity index (χ4n) is 3.40. The lowest BCUT2D eigenvalue weighted by molar-refractivity contribution is -0.120. The van der Waals surface area contributed by atoms with Gasteiger partial charge in [-0.25, -0.2) is 8.42 Å². The molecule has 0 fully saturated rings. The van der Waals surface area contributed by atoms with E-state index in [1.165, 1.54) is 4.31 Å². The Morgan fingerprint density at radius 1 is 1.07 bits per heavy atom. The highest BCUT2D eigenvalue weighted by atomic mass is 32.2. The lowest BCUT2D eigenvalue weighted by atomic mass is 9.95. The third-order valence-corrected chi connectivity index (χ3v) is 8.15. The van der Waals surface area contributed by atoms with Crippen LogP contribution in [0.4, 0.5) is 5.69 Å². The number of amides is 1. The molecule has 150 valence electrons. The molecule has 1 aliphatic rings. The monoisotopic (exact) mass is 428 g/mol. The molecule has 8 heteroatoms. The largest absolute Gasteiger partial charge is 0.497 e. The molecule has 2 heterocycles. The van der Waals surface area contributed by atoms with Gasteiger partial charge in [0.15, 0.2) is 0 Å². The average molecular weight is 429 g/mol. The summed E-state index contributed by atoms with van der Waals surface area (Å²) < 4.78 is 33.2. The first-order valence-electron chi connectivity index (χ1n) is 9.06. The lowest BCUT2D eigenvalue weighted by Crippen LogP contribution is -2.50. The molecule has 29 heavy (non-hydrogen) atoms. The molecule has 3 aromatic rings. The molecule has 0 aliphatic carbocycles. The summed E-state index contributed by atoms with van der Waals surface area (Å²) in [4.78, 5) is 13.1. The molecular formula is C21H20N2O4S2. The normalized spacial score (nSPS) is 16.8. The first kappa shape index (κ1) is 19.6. The highest BCUT2D eigenvalue weighted by molar-refractivity contribution is 7.91. The van der Waals surface area contributed by atoms with E-state index in [0.29, 0.717) is 17.9 Å². The lowest BCUT2D eigenvalue weighted by Gasteiger charge is -2.34. The van der Waals surface area contributed by atoms with Crippen molar-refractivity contribution < 1.29 is 17.9 Å². The number of anilines is 1. The summed E-state index contributed by atoms with van der Waals surface area (Å²) in [7, 11) is -2.22. The van der Waals surface area contributed by atoms with Gasteiger partial charge in [-0.15, -0.1) is 11.3 Å². The van der Waals surface area contributed by atoms with Crippen molar-refractivity contribution in [3.8, 4) is 5.75 Å². The van der Waals surface area contributed by atoms with E-state index in [0.717, 1.165) is 22.5 Å². The third kappa shape index (κ3) is 3.91. The smallest absolute Gasteiger partial charge is 0.253 e. The fourth-order valence-corrected chi connectivity index (χ4v) is 6.09. The number of carbonyl (C=O) groups is 1. The van der Waals surface area contributed by atoms with Crippen molar-refractivity contribution in [2.75, 3.05) is 12.4 Å². The molecule has 1 aliphatic heterocycles. The second-order valence-corrected chi connectivity index (χ2v) is 9.75. The zero-order valence-corrected chi connectivity index (χ0v) is 17.4. The number of ether oxygens (including phenoxy) is 1. The minimum absolute atomic E-state index is 0.164. The van der Waals surface area contributed by atoms with Gasteiger partial charge in [0.05, 0.1) is 7.11 Å². The van der Waals surface area contributed by atoms with Crippen LogP contribution in [-0.4, -0.2) is 31.8 Å². The van der Waals surface area contributed by atoms with Crippen LogP contribution >= 0.6 is 11.3 Å². The molecule has 0 radical (unpaired) electrons. The minimum atomic E-state index is -3.79. The van der Waals surface area contributed by atoms with Gasteiger partial charge in [0.25, 0.3) is 10.0 Å². The molecular weight excluding hydrogens is 408 g/mol. The Morgan fingerprint density at radius 2 is 1.79 bits per heavy atom. The molecule has 4 rings (SSSR count). The van der Waals surface area contributed by atoms with Crippen LogP contribution in [0.15, 0.2) is 70.3 Å². The molecule has 0 bridgehead atoms. The number of fused-ring (bicyclic) bond motifs is 1. The van der Waals surface area contributed by atoms with Crippen molar-refractivity contribution in [2.45, 2.75) is 23.2 Å². The minimum Gasteiger partial charge on any atom is -0.497 e. The summed E-state index contributed by atoms with van der Waals surface area (Å²) in [6, 6.07) is 17.0. The van der Waals surface area contributed by atoms with Crippen molar-refractivity contribution in [1.82, 2.24) is 4.31 Å². The van der Waals surface area contributed by atoms with E-state index >= 15 is 0 Å². The van der Waals surface area contributed by atoms with Gasteiger partial charge >= 0.3 is 0 Å². The topological polar surface area (TPSA) is 75.7 Å². The number of hydrogen-bond donors (Lipinski definition) is 1. The Bertz CT molecular complexity index is 1110. The second kappa shape index (κ2) is 7.98. The molecule has 1 amide bonds. The van der Waals surface area contributed by atoms with Crippen LogP contribution in [0.5, 0.6) is 5.75 Å². The van der Waals surface area contributed by atoms with E-state index in [1.807, 2.05) is 24.3 Å². The van der Waals surface area contributed by atoms with E-state index in [-0.39, 0.29) is 16.7 Å². The summed E-state index contributed by atoms with van der Waals surface area (Å²) in [5.74, 6) is 0.321.